The summed E-state index contributed by atoms with van der Waals surface area (Å²) >= 11 is 0. The number of aromatic nitrogens is 6. The van der Waals surface area contributed by atoms with Crippen LogP contribution in [-0.2, 0) is 13.5 Å². The van der Waals surface area contributed by atoms with E-state index in [1.165, 1.54) is 4.57 Å². The first-order valence-electron chi connectivity index (χ1n) is 9.47. The molecule has 8 nitrogen and oxygen atoms in total. The van der Waals surface area contributed by atoms with Crippen LogP contribution in [0.4, 0.5) is 0 Å². The number of phenolic OH excluding ortho intramolecular Hbond substituents is 1. The predicted octanol–water partition coefficient (Wildman–Crippen LogP) is 3.67. The maximum atomic E-state index is 10.6. The van der Waals surface area contributed by atoms with Crippen LogP contribution in [0.5, 0.6) is 11.8 Å². The van der Waals surface area contributed by atoms with E-state index in [1.807, 2.05) is 48.1 Å². The van der Waals surface area contributed by atoms with Crippen molar-refractivity contribution in [3.05, 3.63) is 48.3 Å². The molecule has 2 aromatic carbocycles. The molecule has 146 valence electrons. The summed E-state index contributed by atoms with van der Waals surface area (Å²) in [5.41, 5.74) is 3.97. The van der Waals surface area contributed by atoms with Gasteiger partial charge in [-0.25, -0.2) is 4.57 Å². The van der Waals surface area contributed by atoms with Crippen LogP contribution in [0.3, 0.4) is 0 Å². The fraction of sp³-hybridized carbons (Fsp3) is 0.190. The standard InChI is InChI=1S/C21H20N6O2/c1-3-4-16-14-10-15(19(28)11-17(14)23-22-16)20-24-25-21(29)27(20)13-5-6-18-12(9-13)7-8-26(18)2/h5-11,28H,3-4H2,1-2H3,(H,22,23)(H,25,29). The molecule has 0 spiro atoms. The van der Waals surface area contributed by atoms with Crippen LogP contribution in [-0.4, -0.2) is 39.7 Å². The molecule has 3 aromatic heterocycles. The zero-order chi connectivity index (χ0) is 20.1. The smallest absolute Gasteiger partial charge is 0.319 e. The van der Waals surface area contributed by atoms with Crippen LogP contribution >= 0.6 is 0 Å². The van der Waals surface area contributed by atoms with Gasteiger partial charge in [-0.3, -0.25) is 5.10 Å². The zero-order valence-electron chi connectivity index (χ0n) is 16.1. The van der Waals surface area contributed by atoms with Crippen molar-refractivity contribution in [1.29, 1.82) is 0 Å². The topological polar surface area (TPSA) is 105 Å². The number of aryl methyl sites for hydroxylation is 2. The average molecular weight is 388 g/mol. The fourth-order valence-electron chi connectivity index (χ4n) is 3.81. The Kier molecular flexibility index (Phi) is 3.80. The van der Waals surface area contributed by atoms with Crippen molar-refractivity contribution in [2.24, 2.45) is 7.05 Å². The molecule has 0 aliphatic rings. The highest BCUT2D eigenvalue weighted by Crippen LogP contribution is 2.36. The summed E-state index contributed by atoms with van der Waals surface area (Å²) in [7, 11) is 1.98. The summed E-state index contributed by atoms with van der Waals surface area (Å²) in [5, 5.41) is 38.3. The number of aromatic amines is 1. The predicted molar refractivity (Wildman–Crippen MR) is 110 cm³/mol. The van der Waals surface area contributed by atoms with Gasteiger partial charge >= 0.3 is 6.01 Å². The third-order valence-corrected chi connectivity index (χ3v) is 5.26. The van der Waals surface area contributed by atoms with E-state index < -0.39 is 0 Å². The second-order valence-corrected chi connectivity index (χ2v) is 7.16. The number of hydrogen-bond donors (Lipinski definition) is 3. The monoisotopic (exact) mass is 388 g/mol. The highest BCUT2D eigenvalue weighted by Gasteiger charge is 2.20. The van der Waals surface area contributed by atoms with Gasteiger partial charge < -0.3 is 14.8 Å². The molecule has 3 N–H and O–H groups in total. The summed E-state index contributed by atoms with van der Waals surface area (Å²) in [6, 6.07) is 11.1. The Bertz CT molecular complexity index is 1360. The van der Waals surface area contributed by atoms with E-state index >= 15 is 0 Å². The second kappa shape index (κ2) is 6.37. The molecule has 5 aromatic rings. The minimum absolute atomic E-state index is 0.0404. The lowest BCUT2D eigenvalue weighted by Gasteiger charge is -2.10. The molecule has 8 heteroatoms. The highest BCUT2D eigenvalue weighted by molar-refractivity contribution is 5.89. The number of hydrogen-bond acceptors (Lipinski definition) is 5. The van der Waals surface area contributed by atoms with Crippen molar-refractivity contribution in [3.63, 3.8) is 0 Å². The number of nitrogens with zero attached hydrogens (tertiary/aromatic N) is 5. The third kappa shape index (κ3) is 2.64. The zero-order valence-corrected chi connectivity index (χ0v) is 16.1. The van der Waals surface area contributed by atoms with Crippen LogP contribution in [0, 0.1) is 0 Å². The number of H-pyrrole nitrogens is 1. The van der Waals surface area contributed by atoms with Gasteiger partial charge in [-0.1, -0.05) is 18.4 Å². The van der Waals surface area contributed by atoms with Gasteiger partial charge in [0.2, 0.25) is 0 Å². The van der Waals surface area contributed by atoms with E-state index in [9.17, 15) is 10.2 Å². The summed E-state index contributed by atoms with van der Waals surface area (Å²) in [6.07, 6.45) is 3.77. The first-order chi connectivity index (χ1) is 14.1. The Morgan fingerprint density at radius 3 is 2.76 bits per heavy atom. The van der Waals surface area contributed by atoms with Gasteiger partial charge in [0.15, 0.2) is 5.82 Å². The lowest BCUT2D eigenvalue weighted by atomic mass is 10.1. The van der Waals surface area contributed by atoms with E-state index in [0.717, 1.165) is 40.3 Å². The molecule has 0 radical (unpaired) electrons. The summed E-state index contributed by atoms with van der Waals surface area (Å²) in [4.78, 5) is 0. The van der Waals surface area contributed by atoms with Gasteiger partial charge in [-0.05, 0) is 36.8 Å². The van der Waals surface area contributed by atoms with E-state index in [4.69, 9.17) is 0 Å². The molecule has 0 saturated heterocycles. The lowest BCUT2D eigenvalue weighted by molar-refractivity contribution is 0.420. The van der Waals surface area contributed by atoms with Crippen molar-refractivity contribution < 1.29 is 10.2 Å². The average Bonchev–Trinajstić information content (AvgIpc) is 3.39. The van der Waals surface area contributed by atoms with E-state index in [0.29, 0.717) is 17.1 Å². The number of rotatable bonds is 4. The van der Waals surface area contributed by atoms with Gasteiger partial charge in [0, 0.05) is 35.6 Å². The maximum absolute atomic E-state index is 10.6. The molecule has 0 amide bonds. The number of aromatic hydroxyl groups is 2. The Morgan fingerprint density at radius 2 is 1.93 bits per heavy atom. The number of nitrogens with one attached hydrogen (secondary N) is 1. The molecule has 5 rings (SSSR count). The first-order valence-corrected chi connectivity index (χ1v) is 9.47. The molecule has 0 fully saturated rings. The maximum Gasteiger partial charge on any atom is 0.319 e. The van der Waals surface area contributed by atoms with Crippen LogP contribution < -0.4 is 0 Å². The number of fused-ring (bicyclic) bond motifs is 2. The van der Waals surface area contributed by atoms with Gasteiger partial charge in [0.05, 0.1) is 22.5 Å². The van der Waals surface area contributed by atoms with E-state index in [1.54, 1.807) is 6.07 Å². The normalized spacial score (nSPS) is 11.7. The molecule has 0 atom stereocenters. The second-order valence-electron chi connectivity index (χ2n) is 7.16. The molecule has 0 aliphatic heterocycles. The molecule has 0 saturated carbocycles. The molecule has 0 unspecified atom stereocenters. The minimum atomic E-state index is -0.240. The third-order valence-electron chi connectivity index (χ3n) is 5.26. The Balaban J connectivity index is 1.71. The molecule has 3 heterocycles. The van der Waals surface area contributed by atoms with Crippen molar-refractivity contribution in [1.82, 2.24) is 29.5 Å². The highest BCUT2D eigenvalue weighted by atomic mass is 16.3. The molecule has 29 heavy (non-hydrogen) atoms. The Hall–Kier alpha value is -3.81. The quantitative estimate of drug-likeness (QED) is 0.436. The molecule has 0 bridgehead atoms. The lowest BCUT2D eigenvalue weighted by Crippen LogP contribution is -1.98. The molecular formula is C21H20N6O2. The first kappa shape index (κ1) is 17.3. The number of benzene rings is 2. The summed E-state index contributed by atoms with van der Waals surface area (Å²) < 4.78 is 3.56. The van der Waals surface area contributed by atoms with Crippen LogP contribution in [0.25, 0.3) is 38.9 Å². The van der Waals surface area contributed by atoms with Gasteiger partial charge in [-0.2, -0.15) is 5.10 Å². The van der Waals surface area contributed by atoms with Crippen molar-refractivity contribution >= 4 is 21.8 Å². The minimum Gasteiger partial charge on any atom is -0.507 e. The van der Waals surface area contributed by atoms with Crippen LogP contribution in [0.15, 0.2) is 42.6 Å². The summed E-state index contributed by atoms with van der Waals surface area (Å²) in [5.74, 6) is 0.402. The van der Waals surface area contributed by atoms with E-state index in [2.05, 4.69) is 27.3 Å². The van der Waals surface area contributed by atoms with Crippen molar-refractivity contribution in [2.75, 3.05) is 0 Å². The molecular weight excluding hydrogens is 368 g/mol. The fourth-order valence-corrected chi connectivity index (χ4v) is 3.81. The molecule has 0 aliphatic carbocycles. The van der Waals surface area contributed by atoms with Crippen molar-refractivity contribution in [2.45, 2.75) is 19.8 Å². The van der Waals surface area contributed by atoms with Gasteiger partial charge in [0.1, 0.15) is 5.75 Å². The van der Waals surface area contributed by atoms with Crippen LogP contribution in [0.1, 0.15) is 19.0 Å². The van der Waals surface area contributed by atoms with E-state index in [-0.39, 0.29) is 11.8 Å². The summed E-state index contributed by atoms with van der Waals surface area (Å²) in [6.45, 7) is 2.09. The Labute approximate surface area is 166 Å². The number of phenols is 1. The SMILES string of the molecule is CCCc1n[nH]c2cc(O)c(-c3nnc(O)n3-c3ccc4c(ccn4C)c3)cc12. The van der Waals surface area contributed by atoms with Crippen LogP contribution in [0.2, 0.25) is 0 Å². The largest absolute Gasteiger partial charge is 0.507 e. The van der Waals surface area contributed by atoms with Gasteiger partial charge in [0.25, 0.3) is 0 Å². The van der Waals surface area contributed by atoms with Gasteiger partial charge in [-0.15, -0.1) is 5.10 Å². The van der Waals surface area contributed by atoms with Crippen molar-refractivity contribution in [3.8, 4) is 28.8 Å². The Morgan fingerprint density at radius 1 is 1.07 bits per heavy atom.